The molecule has 7 N–H and O–H groups in total. The molecule has 0 unspecified atom stereocenters. The number of hydrogen-bond acceptors (Lipinski definition) is 7. The molecule has 0 bridgehead atoms. The first-order valence-electron chi connectivity index (χ1n) is 5.36. The van der Waals surface area contributed by atoms with Gasteiger partial charge in [-0.2, -0.15) is 20.2 Å². The fraction of sp³-hybridized carbons (Fsp3) is 0.333. The third-order valence-corrected chi connectivity index (χ3v) is 4.28. The molecule has 0 aromatic heterocycles. The Morgan fingerprint density at radius 2 is 2.30 bits per heavy atom. The third-order valence-electron chi connectivity index (χ3n) is 1.89. The predicted octanol–water partition coefficient (Wildman–Crippen LogP) is -0.615. The first-order chi connectivity index (χ1) is 9.26. The van der Waals surface area contributed by atoms with Gasteiger partial charge in [-0.05, 0) is 5.41 Å². The Kier molecular flexibility index (Phi) is 6.39. The Morgan fingerprint density at radius 3 is 2.90 bits per heavy atom. The second-order valence-electron chi connectivity index (χ2n) is 3.72. The molecule has 0 spiro atoms. The van der Waals surface area contributed by atoms with Crippen LogP contribution in [0.2, 0.25) is 0 Å². The molecule has 0 radical (unpaired) electrons. The molecule has 0 aromatic rings. The molecule has 0 atom stereocenters. The lowest BCUT2D eigenvalue weighted by Gasteiger charge is -2.05. The van der Waals surface area contributed by atoms with Gasteiger partial charge in [0.1, 0.15) is 5.84 Å². The van der Waals surface area contributed by atoms with Crippen molar-refractivity contribution in [1.29, 1.82) is 5.41 Å². The van der Waals surface area contributed by atoms with Crippen LogP contribution in [0.3, 0.4) is 0 Å². The van der Waals surface area contributed by atoms with Crippen molar-refractivity contribution < 1.29 is 13.2 Å². The first-order valence-corrected chi connectivity index (χ1v) is 8.94. The molecule has 112 valence electrons. The highest BCUT2D eigenvalue weighted by Gasteiger charge is 2.11. The Labute approximate surface area is 125 Å². The minimum absolute atomic E-state index is 0.0260. The molecule has 1 amide bonds. The summed E-state index contributed by atoms with van der Waals surface area (Å²) in [5.41, 5.74) is 6.19. The van der Waals surface area contributed by atoms with Crippen LogP contribution >= 0.6 is 23.5 Å². The minimum Gasteiger partial charge on any atom is -0.384 e. The van der Waals surface area contributed by atoms with E-state index in [2.05, 4.69) is 10.5 Å². The van der Waals surface area contributed by atoms with Gasteiger partial charge in [0, 0.05) is 29.7 Å². The first kappa shape index (κ1) is 16.9. The number of hydrogen-bond donors (Lipinski definition) is 5. The lowest BCUT2D eigenvalue weighted by atomic mass is 10.5. The number of amidine groups is 1. The van der Waals surface area contributed by atoms with E-state index in [-0.39, 0.29) is 12.3 Å². The van der Waals surface area contributed by atoms with E-state index in [0.29, 0.717) is 11.5 Å². The van der Waals surface area contributed by atoms with E-state index in [1.165, 1.54) is 29.6 Å². The summed E-state index contributed by atoms with van der Waals surface area (Å²) < 4.78 is 22.9. The maximum absolute atomic E-state index is 11.2. The Balaban J connectivity index is 2.20. The summed E-state index contributed by atoms with van der Waals surface area (Å²) in [6, 6.07) is 0. The van der Waals surface area contributed by atoms with Crippen molar-refractivity contribution in [2.24, 2.45) is 10.9 Å². The highest BCUT2D eigenvalue weighted by atomic mass is 32.2. The van der Waals surface area contributed by atoms with Gasteiger partial charge in [0.05, 0.1) is 5.03 Å². The van der Waals surface area contributed by atoms with Gasteiger partial charge in [-0.3, -0.25) is 10.2 Å². The van der Waals surface area contributed by atoms with E-state index in [1.54, 1.807) is 4.72 Å². The van der Waals surface area contributed by atoms with Crippen LogP contribution < -0.4 is 20.9 Å². The molecule has 1 rings (SSSR count). The highest BCUT2D eigenvalue weighted by molar-refractivity contribution is 8.06. The van der Waals surface area contributed by atoms with Crippen LogP contribution in [0.5, 0.6) is 0 Å². The second-order valence-corrected chi connectivity index (χ2v) is 7.03. The molecule has 0 aliphatic carbocycles. The number of thioether (sulfide) groups is 2. The smallest absolute Gasteiger partial charge is 0.298 e. The average molecular weight is 337 g/mol. The lowest BCUT2D eigenvalue weighted by Crippen LogP contribution is -2.36. The molecule has 0 saturated heterocycles. The zero-order valence-corrected chi connectivity index (χ0v) is 12.8. The maximum Gasteiger partial charge on any atom is 0.298 e. The SMILES string of the molecule is N=C(N)C=C1NC(CSCCC(=O)NS(N)(=O)=O)=CS1. The maximum atomic E-state index is 11.2. The topological polar surface area (TPSA) is 151 Å². The second kappa shape index (κ2) is 7.57. The lowest BCUT2D eigenvalue weighted by molar-refractivity contribution is -0.118. The van der Waals surface area contributed by atoms with Crippen LogP contribution in [0.4, 0.5) is 0 Å². The number of carbonyl (C=O) groups is 1. The number of nitrogens with two attached hydrogens (primary N) is 2. The monoisotopic (exact) mass is 337 g/mol. The van der Waals surface area contributed by atoms with E-state index in [9.17, 15) is 13.2 Å². The van der Waals surface area contributed by atoms with Crippen LogP contribution in [0, 0.1) is 5.41 Å². The molecule has 1 heterocycles. The van der Waals surface area contributed by atoms with E-state index in [4.69, 9.17) is 11.1 Å². The Morgan fingerprint density at radius 1 is 1.60 bits per heavy atom. The predicted molar refractivity (Wildman–Crippen MR) is 82.0 cm³/mol. The van der Waals surface area contributed by atoms with Crippen molar-refractivity contribution in [1.82, 2.24) is 10.0 Å². The molecule has 1 aliphatic rings. The van der Waals surface area contributed by atoms with E-state index < -0.39 is 16.1 Å². The molecule has 20 heavy (non-hydrogen) atoms. The summed E-state index contributed by atoms with van der Waals surface area (Å²) in [7, 11) is -3.97. The van der Waals surface area contributed by atoms with Crippen molar-refractivity contribution in [3.63, 3.8) is 0 Å². The highest BCUT2D eigenvalue weighted by Crippen LogP contribution is 2.25. The van der Waals surface area contributed by atoms with Crippen molar-refractivity contribution in [3.05, 3.63) is 22.2 Å². The summed E-state index contributed by atoms with van der Waals surface area (Å²) in [4.78, 5) is 11.2. The molecule has 0 saturated carbocycles. The van der Waals surface area contributed by atoms with Crippen molar-refractivity contribution in [2.75, 3.05) is 11.5 Å². The third kappa shape index (κ3) is 7.43. The van der Waals surface area contributed by atoms with Gasteiger partial charge >= 0.3 is 0 Å². The molecular weight excluding hydrogens is 322 g/mol. The van der Waals surface area contributed by atoms with Crippen LogP contribution in [-0.4, -0.2) is 31.7 Å². The fourth-order valence-corrected chi connectivity index (χ4v) is 3.36. The van der Waals surface area contributed by atoms with Gasteiger partial charge in [-0.25, -0.2) is 9.86 Å². The molecule has 0 fully saturated rings. The standard InChI is InChI=1S/C9H15N5O3S3/c10-7(11)3-9-13-6(5-19-9)4-18-2-1-8(15)14-20(12,16)17/h3,5,13H,1-2,4H2,(H3,10,11)(H,14,15)(H2,12,16,17). The Hall–Kier alpha value is -1.17. The summed E-state index contributed by atoms with van der Waals surface area (Å²) in [6.45, 7) is 0. The quantitative estimate of drug-likeness (QED) is 0.236. The van der Waals surface area contributed by atoms with Crippen LogP contribution in [0.1, 0.15) is 6.42 Å². The van der Waals surface area contributed by atoms with Crippen LogP contribution in [-0.2, 0) is 15.0 Å². The largest absolute Gasteiger partial charge is 0.384 e. The van der Waals surface area contributed by atoms with E-state index in [1.807, 2.05) is 5.41 Å². The molecule has 11 heteroatoms. The summed E-state index contributed by atoms with van der Waals surface area (Å²) in [5.74, 6) is 0.462. The van der Waals surface area contributed by atoms with Crippen molar-refractivity contribution in [3.8, 4) is 0 Å². The zero-order valence-electron chi connectivity index (χ0n) is 10.4. The molecular formula is C9H15N5O3S3. The van der Waals surface area contributed by atoms with Gasteiger partial charge in [-0.1, -0.05) is 11.8 Å². The zero-order chi connectivity index (χ0) is 15.2. The van der Waals surface area contributed by atoms with Gasteiger partial charge in [0.15, 0.2) is 0 Å². The van der Waals surface area contributed by atoms with Gasteiger partial charge in [-0.15, -0.1) is 0 Å². The van der Waals surface area contributed by atoms with Crippen molar-refractivity contribution in [2.45, 2.75) is 6.42 Å². The molecule has 1 aliphatic heterocycles. The van der Waals surface area contributed by atoms with Gasteiger partial charge in [0.2, 0.25) is 5.91 Å². The van der Waals surface area contributed by atoms with Crippen molar-refractivity contribution >= 4 is 45.5 Å². The number of nitrogens with one attached hydrogen (secondary N) is 3. The minimum atomic E-state index is -3.97. The van der Waals surface area contributed by atoms with Gasteiger partial charge in [0.25, 0.3) is 10.2 Å². The van der Waals surface area contributed by atoms with E-state index in [0.717, 1.165) is 10.7 Å². The normalized spacial score (nSPS) is 16.6. The number of carbonyl (C=O) groups excluding carboxylic acids is 1. The van der Waals surface area contributed by atoms with Crippen LogP contribution in [0.25, 0.3) is 0 Å². The summed E-state index contributed by atoms with van der Waals surface area (Å²) >= 11 is 2.90. The molecule has 8 nitrogen and oxygen atoms in total. The number of rotatable bonds is 7. The fourth-order valence-electron chi connectivity index (χ4n) is 1.19. The Bertz CT molecular complexity index is 555. The summed E-state index contributed by atoms with van der Waals surface area (Å²) in [5, 5.41) is 17.5. The summed E-state index contributed by atoms with van der Waals surface area (Å²) in [6.07, 6.45) is 1.58. The van der Waals surface area contributed by atoms with E-state index >= 15 is 0 Å². The van der Waals surface area contributed by atoms with Crippen LogP contribution in [0.15, 0.2) is 22.2 Å². The number of amides is 1. The molecule has 0 aromatic carbocycles. The van der Waals surface area contributed by atoms with Gasteiger partial charge < -0.3 is 11.1 Å². The average Bonchev–Trinajstić information content (AvgIpc) is 2.68.